The zero-order chi connectivity index (χ0) is 14.8. The predicted octanol–water partition coefficient (Wildman–Crippen LogP) is 2.51. The van der Waals surface area contributed by atoms with Gasteiger partial charge < -0.3 is 9.42 Å². The summed E-state index contributed by atoms with van der Waals surface area (Å²) in [5, 5.41) is 4.02. The van der Waals surface area contributed by atoms with E-state index in [1.807, 2.05) is 0 Å². The molecule has 116 valence electrons. The van der Waals surface area contributed by atoms with Crippen LogP contribution in [0.25, 0.3) is 11.5 Å². The van der Waals surface area contributed by atoms with Crippen molar-refractivity contribution in [1.29, 1.82) is 0 Å². The Labute approximate surface area is 130 Å². The first kappa shape index (κ1) is 13.8. The number of aromatic nitrogens is 4. The van der Waals surface area contributed by atoms with Gasteiger partial charge >= 0.3 is 0 Å². The Morgan fingerprint density at radius 3 is 2.77 bits per heavy atom. The molecule has 1 saturated heterocycles. The number of hydrogen-bond acceptors (Lipinski definition) is 6. The van der Waals surface area contributed by atoms with Crippen LogP contribution in [0, 0.1) is 5.92 Å². The molecule has 0 unspecified atom stereocenters. The van der Waals surface area contributed by atoms with Crippen LogP contribution in [-0.4, -0.2) is 44.6 Å². The molecule has 0 spiro atoms. The molecule has 0 radical (unpaired) electrons. The van der Waals surface area contributed by atoms with Gasteiger partial charge in [-0.25, -0.2) is 4.98 Å². The van der Waals surface area contributed by atoms with Crippen molar-refractivity contribution in [2.75, 3.05) is 19.6 Å². The lowest BCUT2D eigenvalue weighted by Gasteiger charge is -2.40. The minimum Gasteiger partial charge on any atom is -0.339 e. The summed E-state index contributed by atoms with van der Waals surface area (Å²) in [6.45, 7) is 3.32. The molecule has 2 aliphatic rings. The molecule has 6 nitrogen and oxygen atoms in total. The standard InChI is InChI=1S/C16H21N5O/c1-2-4-12(5-3-1)9-21-10-13(11-21)16-19-15(20-22-16)14-8-17-6-7-18-14/h6-8,12-13H,1-5,9-11H2. The second-order valence-corrected chi connectivity index (χ2v) is 6.47. The topological polar surface area (TPSA) is 67.9 Å². The lowest BCUT2D eigenvalue weighted by Crippen LogP contribution is -2.47. The van der Waals surface area contributed by atoms with E-state index in [0.29, 0.717) is 17.4 Å². The maximum absolute atomic E-state index is 5.41. The van der Waals surface area contributed by atoms with Crippen molar-refractivity contribution in [3.05, 3.63) is 24.5 Å². The third-order valence-electron chi connectivity index (χ3n) is 4.78. The van der Waals surface area contributed by atoms with E-state index < -0.39 is 0 Å². The van der Waals surface area contributed by atoms with Gasteiger partial charge in [0, 0.05) is 32.0 Å². The van der Waals surface area contributed by atoms with Crippen molar-refractivity contribution in [3.8, 4) is 11.5 Å². The fraction of sp³-hybridized carbons (Fsp3) is 0.625. The van der Waals surface area contributed by atoms with Crippen LogP contribution in [0.2, 0.25) is 0 Å². The van der Waals surface area contributed by atoms with Crippen LogP contribution in [0.5, 0.6) is 0 Å². The minimum atomic E-state index is 0.376. The third-order valence-corrected chi connectivity index (χ3v) is 4.78. The van der Waals surface area contributed by atoms with Crippen molar-refractivity contribution in [1.82, 2.24) is 25.0 Å². The maximum Gasteiger partial charge on any atom is 0.232 e. The van der Waals surface area contributed by atoms with Gasteiger partial charge in [0.05, 0.1) is 12.1 Å². The molecule has 3 heterocycles. The van der Waals surface area contributed by atoms with E-state index in [-0.39, 0.29) is 0 Å². The van der Waals surface area contributed by atoms with Crippen LogP contribution in [0.4, 0.5) is 0 Å². The molecule has 2 fully saturated rings. The molecule has 4 rings (SSSR count). The predicted molar refractivity (Wildman–Crippen MR) is 81.1 cm³/mol. The first-order valence-electron chi connectivity index (χ1n) is 8.21. The lowest BCUT2D eigenvalue weighted by molar-refractivity contribution is 0.0948. The SMILES string of the molecule is c1cnc(-c2noc(C3CN(CC4CCCCC4)C3)n2)cn1. The van der Waals surface area contributed by atoms with Gasteiger partial charge in [0.1, 0.15) is 5.69 Å². The van der Waals surface area contributed by atoms with Crippen molar-refractivity contribution < 1.29 is 4.52 Å². The van der Waals surface area contributed by atoms with Crippen molar-refractivity contribution in [3.63, 3.8) is 0 Å². The Morgan fingerprint density at radius 2 is 2.00 bits per heavy atom. The summed E-state index contributed by atoms with van der Waals surface area (Å²) < 4.78 is 5.41. The highest BCUT2D eigenvalue weighted by molar-refractivity contribution is 5.45. The summed E-state index contributed by atoms with van der Waals surface area (Å²) in [6.07, 6.45) is 12.0. The van der Waals surface area contributed by atoms with Crippen LogP contribution < -0.4 is 0 Å². The Morgan fingerprint density at radius 1 is 1.14 bits per heavy atom. The minimum absolute atomic E-state index is 0.376. The molecule has 6 heteroatoms. The second-order valence-electron chi connectivity index (χ2n) is 6.47. The molecule has 0 atom stereocenters. The molecule has 0 bridgehead atoms. The number of rotatable bonds is 4. The molecule has 1 aliphatic heterocycles. The fourth-order valence-corrected chi connectivity index (χ4v) is 3.53. The van der Waals surface area contributed by atoms with E-state index in [1.165, 1.54) is 38.6 Å². The van der Waals surface area contributed by atoms with Crippen molar-refractivity contribution >= 4 is 0 Å². The average Bonchev–Trinajstić information content (AvgIpc) is 3.02. The molecule has 22 heavy (non-hydrogen) atoms. The Hall–Kier alpha value is -1.82. The highest BCUT2D eigenvalue weighted by Crippen LogP contribution is 2.31. The first-order chi connectivity index (χ1) is 10.9. The highest BCUT2D eigenvalue weighted by Gasteiger charge is 2.34. The second kappa shape index (κ2) is 6.12. The number of likely N-dealkylation sites (tertiary alicyclic amines) is 1. The van der Waals surface area contributed by atoms with Crippen LogP contribution in [0.1, 0.15) is 43.9 Å². The van der Waals surface area contributed by atoms with Gasteiger partial charge in [-0.3, -0.25) is 4.98 Å². The molecular weight excluding hydrogens is 278 g/mol. The largest absolute Gasteiger partial charge is 0.339 e. The lowest BCUT2D eigenvalue weighted by atomic mass is 9.87. The van der Waals surface area contributed by atoms with Crippen LogP contribution in [0.15, 0.2) is 23.1 Å². The average molecular weight is 299 g/mol. The molecular formula is C16H21N5O. The zero-order valence-corrected chi connectivity index (χ0v) is 12.7. The van der Waals surface area contributed by atoms with Crippen LogP contribution in [0.3, 0.4) is 0 Å². The smallest absolute Gasteiger partial charge is 0.232 e. The van der Waals surface area contributed by atoms with Gasteiger partial charge in [-0.15, -0.1) is 0 Å². The van der Waals surface area contributed by atoms with Crippen LogP contribution in [-0.2, 0) is 0 Å². The molecule has 1 saturated carbocycles. The summed E-state index contributed by atoms with van der Waals surface area (Å²) in [5.74, 6) is 2.54. The van der Waals surface area contributed by atoms with Crippen LogP contribution >= 0.6 is 0 Å². The van der Waals surface area contributed by atoms with Gasteiger partial charge in [0.15, 0.2) is 0 Å². The Kier molecular flexibility index (Phi) is 3.84. The normalized spacial score (nSPS) is 20.9. The summed E-state index contributed by atoms with van der Waals surface area (Å²) in [6, 6.07) is 0. The molecule has 0 N–H and O–H groups in total. The first-order valence-corrected chi connectivity index (χ1v) is 8.21. The molecule has 0 amide bonds. The fourth-order valence-electron chi connectivity index (χ4n) is 3.53. The van der Waals surface area contributed by atoms with Gasteiger partial charge in [-0.05, 0) is 18.8 Å². The number of hydrogen-bond donors (Lipinski definition) is 0. The molecule has 2 aromatic rings. The van der Waals surface area contributed by atoms with E-state index in [0.717, 1.165) is 24.9 Å². The van der Waals surface area contributed by atoms with Crippen molar-refractivity contribution in [2.45, 2.75) is 38.0 Å². The molecule has 0 aromatic carbocycles. The van der Waals surface area contributed by atoms with E-state index in [4.69, 9.17) is 4.52 Å². The van der Waals surface area contributed by atoms with Gasteiger partial charge in [-0.2, -0.15) is 4.98 Å². The number of nitrogens with zero attached hydrogens (tertiary/aromatic N) is 5. The van der Waals surface area contributed by atoms with E-state index in [2.05, 4.69) is 25.0 Å². The Bertz CT molecular complexity index is 602. The monoisotopic (exact) mass is 299 g/mol. The molecule has 1 aliphatic carbocycles. The Balaban J connectivity index is 1.32. The van der Waals surface area contributed by atoms with E-state index in [1.54, 1.807) is 18.6 Å². The zero-order valence-electron chi connectivity index (χ0n) is 12.7. The summed E-state index contributed by atoms with van der Waals surface area (Å²) >= 11 is 0. The van der Waals surface area contributed by atoms with Gasteiger partial charge in [0.25, 0.3) is 0 Å². The maximum atomic E-state index is 5.41. The van der Waals surface area contributed by atoms with E-state index in [9.17, 15) is 0 Å². The summed E-state index contributed by atoms with van der Waals surface area (Å²) in [5.41, 5.74) is 0.663. The van der Waals surface area contributed by atoms with E-state index >= 15 is 0 Å². The summed E-state index contributed by atoms with van der Waals surface area (Å²) in [7, 11) is 0. The van der Waals surface area contributed by atoms with Gasteiger partial charge in [-0.1, -0.05) is 24.4 Å². The van der Waals surface area contributed by atoms with Crippen molar-refractivity contribution in [2.24, 2.45) is 5.92 Å². The molecule has 2 aromatic heterocycles. The highest BCUT2D eigenvalue weighted by atomic mass is 16.5. The quantitative estimate of drug-likeness (QED) is 0.864. The summed E-state index contributed by atoms with van der Waals surface area (Å²) in [4.78, 5) is 15.2. The third kappa shape index (κ3) is 2.88. The van der Waals surface area contributed by atoms with Gasteiger partial charge in [0.2, 0.25) is 11.7 Å².